The van der Waals surface area contributed by atoms with E-state index in [0.29, 0.717) is 32.5 Å². The quantitative estimate of drug-likeness (QED) is 0.205. The number of aromatic nitrogens is 1. The van der Waals surface area contributed by atoms with Crippen molar-refractivity contribution < 1.29 is 23.1 Å². The molecule has 0 fully saturated rings. The van der Waals surface area contributed by atoms with Crippen LogP contribution in [0.15, 0.2) is 84.2 Å². The molecule has 0 radical (unpaired) electrons. The molecular weight excluding hydrogens is 532 g/mol. The number of nitrogens with zero attached hydrogens (tertiary/aromatic N) is 2. The maximum atomic E-state index is 11.7. The summed E-state index contributed by atoms with van der Waals surface area (Å²) in [4.78, 5) is 17.7. The third-order valence-corrected chi connectivity index (χ3v) is 8.06. The van der Waals surface area contributed by atoms with Crippen LogP contribution in [0, 0.1) is 0 Å². The van der Waals surface area contributed by atoms with Gasteiger partial charge in [0.1, 0.15) is 22.2 Å². The van der Waals surface area contributed by atoms with E-state index in [0.717, 1.165) is 38.8 Å². The van der Waals surface area contributed by atoms with Crippen LogP contribution in [0.5, 0.6) is 5.75 Å². The van der Waals surface area contributed by atoms with Crippen LogP contribution in [0.1, 0.15) is 29.5 Å². The summed E-state index contributed by atoms with van der Waals surface area (Å²) in [6.45, 7) is 1.62. The van der Waals surface area contributed by atoms with Crippen molar-refractivity contribution in [3.8, 4) is 17.0 Å². The second-order valence-electron chi connectivity index (χ2n) is 9.43. The van der Waals surface area contributed by atoms with E-state index in [4.69, 9.17) is 14.8 Å². The second kappa shape index (κ2) is 13.4. The minimum Gasteiger partial charge on any atom is -0.489 e. The van der Waals surface area contributed by atoms with E-state index in [-0.39, 0.29) is 12.2 Å². The fraction of sp³-hybridized carbons (Fsp3) is 0.267. The van der Waals surface area contributed by atoms with Crippen molar-refractivity contribution >= 4 is 32.3 Å². The number of carboxylic acid groups (broad SMARTS) is 1. The zero-order chi connectivity index (χ0) is 27.7. The van der Waals surface area contributed by atoms with Crippen LogP contribution in [-0.4, -0.2) is 43.0 Å². The van der Waals surface area contributed by atoms with E-state index in [2.05, 4.69) is 17.0 Å². The minimum absolute atomic E-state index is 0.110. The first-order chi connectivity index (χ1) is 18.7. The van der Waals surface area contributed by atoms with Gasteiger partial charge >= 0.3 is 5.97 Å². The Morgan fingerprint density at radius 1 is 0.949 bits per heavy atom. The Morgan fingerprint density at radius 2 is 1.62 bits per heavy atom. The molecule has 0 saturated carbocycles. The van der Waals surface area contributed by atoms with Crippen LogP contribution in [0.2, 0.25) is 0 Å². The number of ether oxygens (including phenoxy) is 1. The predicted molar refractivity (Wildman–Crippen MR) is 156 cm³/mol. The molecule has 4 aromatic rings. The van der Waals surface area contributed by atoms with Crippen LogP contribution in [-0.2, 0) is 34.2 Å². The molecule has 1 heterocycles. The van der Waals surface area contributed by atoms with Crippen LogP contribution in [0.3, 0.4) is 0 Å². The number of thiazole rings is 1. The van der Waals surface area contributed by atoms with Crippen LogP contribution >= 0.6 is 11.3 Å². The first-order valence-corrected chi connectivity index (χ1v) is 15.6. The van der Waals surface area contributed by atoms with Crippen molar-refractivity contribution in [1.29, 1.82) is 0 Å². The first kappa shape index (κ1) is 28.3. The summed E-state index contributed by atoms with van der Waals surface area (Å²) < 4.78 is 29.3. The van der Waals surface area contributed by atoms with Gasteiger partial charge in [-0.15, -0.1) is 11.3 Å². The van der Waals surface area contributed by atoms with E-state index in [1.54, 1.807) is 11.3 Å². The first-order valence-electron chi connectivity index (χ1n) is 12.7. The fourth-order valence-electron chi connectivity index (χ4n) is 4.04. The molecule has 204 valence electrons. The monoisotopic (exact) mass is 564 g/mol. The normalized spacial score (nSPS) is 11.3. The number of rotatable bonds is 14. The van der Waals surface area contributed by atoms with Gasteiger partial charge < -0.3 is 14.7 Å². The maximum absolute atomic E-state index is 11.7. The fourth-order valence-corrected chi connectivity index (χ4v) is 5.56. The second-order valence-corrected chi connectivity index (χ2v) is 12.5. The Morgan fingerprint density at radius 3 is 2.28 bits per heavy atom. The van der Waals surface area contributed by atoms with Gasteiger partial charge in [-0.3, -0.25) is 4.79 Å². The highest BCUT2D eigenvalue weighted by atomic mass is 32.2. The molecule has 1 aromatic heterocycles. The van der Waals surface area contributed by atoms with Crippen molar-refractivity contribution in [1.82, 2.24) is 4.98 Å². The average Bonchev–Trinajstić information content (AvgIpc) is 3.42. The number of hydrogen-bond acceptors (Lipinski definition) is 7. The van der Waals surface area contributed by atoms with E-state index in [9.17, 15) is 13.2 Å². The van der Waals surface area contributed by atoms with Crippen molar-refractivity contribution in [2.45, 2.75) is 32.4 Å². The lowest BCUT2D eigenvalue weighted by molar-refractivity contribution is -0.136. The smallest absolute Gasteiger partial charge is 0.303 e. The zero-order valence-corrected chi connectivity index (χ0v) is 23.5. The summed E-state index contributed by atoms with van der Waals surface area (Å²) in [5.41, 5.74) is 5.04. The summed E-state index contributed by atoms with van der Waals surface area (Å²) >= 11 is 1.56. The molecular formula is C30H32N2O5S2. The number of carboxylic acids is 1. The Kier molecular flexibility index (Phi) is 9.73. The van der Waals surface area contributed by atoms with Crippen molar-refractivity contribution in [2.24, 2.45) is 0 Å². The molecule has 0 bridgehead atoms. The van der Waals surface area contributed by atoms with Crippen LogP contribution in [0.4, 0.5) is 5.13 Å². The Balaban J connectivity index is 1.38. The van der Waals surface area contributed by atoms with Gasteiger partial charge in [0, 0.05) is 36.7 Å². The lowest BCUT2D eigenvalue weighted by atomic mass is 10.1. The third-order valence-electron chi connectivity index (χ3n) is 6.13. The summed E-state index contributed by atoms with van der Waals surface area (Å²) in [6, 6.07) is 25.7. The molecule has 1 N–H and O–H groups in total. The van der Waals surface area contributed by atoms with Gasteiger partial charge in [0.25, 0.3) is 0 Å². The van der Waals surface area contributed by atoms with Gasteiger partial charge in [-0.2, -0.15) is 0 Å². The highest BCUT2D eigenvalue weighted by Crippen LogP contribution is 2.28. The summed E-state index contributed by atoms with van der Waals surface area (Å²) in [5.74, 6) is 0.0598. The minimum atomic E-state index is -3.04. The van der Waals surface area contributed by atoms with E-state index in [1.807, 2.05) is 72.1 Å². The topological polar surface area (TPSA) is 96.8 Å². The van der Waals surface area contributed by atoms with Gasteiger partial charge in [0.2, 0.25) is 0 Å². The SMILES string of the molecule is CS(=O)(=O)CCCN(Cc1ccc(COc2ccc(CCC(=O)O)cc2)cc1)c1nc(-c2ccccc2)cs1. The molecule has 0 aliphatic carbocycles. The molecule has 7 nitrogen and oxygen atoms in total. The van der Waals surface area contributed by atoms with E-state index in [1.165, 1.54) is 6.26 Å². The number of sulfone groups is 1. The Bertz CT molecular complexity index is 1450. The number of benzene rings is 3. The predicted octanol–water partition coefficient (Wildman–Crippen LogP) is 5.85. The van der Waals surface area contributed by atoms with Gasteiger partial charge in [-0.05, 0) is 41.7 Å². The number of anilines is 1. The van der Waals surface area contributed by atoms with E-state index < -0.39 is 15.8 Å². The van der Waals surface area contributed by atoms with Crippen LogP contribution in [0.25, 0.3) is 11.3 Å². The van der Waals surface area contributed by atoms with Crippen LogP contribution < -0.4 is 9.64 Å². The molecule has 4 rings (SSSR count). The number of aliphatic carboxylic acids is 1. The standard InChI is InChI=1S/C30H32N2O5S2/c1-39(35,36)19-5-18-32(30-31-28(22-38-30)26-6-3-2-4-7-26)20-24-8-10-25(11-9-24)21-37-27-15-12-23(13-16-27)14-17-29(33)34/h2-4,6-13,15-16,22H,5,14,17-21H2,1H3,(H,33,34). The summed E-state index contributed by atoms with van der Waals surface area (Å²) in [6.07, 6.45) is 2.40. The lowest BCUT2D eigenvalue weighted by Crippen LogP contribution is -2.25. The summed E-state index contributed by atoms with van der Waals surface area (Å²) in [7, 11) is -3.04. The largest absolute Gasteiger partial charge is 0.489 e. The molecule has 0 saturated heterocycles. The molecule has 0 aliphatic rings. The number of carbonyl (C=O) groups is 1. The van der Waals surface area contributed by atoms with Gasteiger partial charge in [0.05, 0.1) is 11.4 Å². The van der Waals surface area contributed by atoms with Gasteiger partial charge in [-0.1, -0.05) is 66.7 Å². The van der Waals surface area contributed by atoms with Gasteiger partial charge in [-0.25, -0.2) is 13.4 Å². The van der Waals surface area contributed by atoms with Crippen molar-refractivity contribution in [3.05, 3.63) is 101 Å². The van der Waals surface area contributed by atoms with Gasteiger partial charge in [0.15, 0.2) is 5.13 Å². The highest BCUT2D eigenvalue weighted by Gasteiger charge is 2.14. The molecule has 0 aliphatic heterocycles. The number of aryl methyl sites for hydroxylation is 1. The Hall–Kier alpha value is -3.69. The highest BCUT2D eigenvalue weighted by molar-refractivity contribution is 7.90. The molecule has 0 amide bonds. The Labute approximate surface area is 233 Å². The molecule has 39 heavy (non-hydrogen) atoms. The zero-order valence-electron chi connectivity index (χ0n) is 21.8. The molecule has 9 heteroatoms. The number of hydrogen-bond donors (Lipinski definition) is 1. The maximum Gasteiger partial charge on any atom is 0.303 e. The molecule has 3 aromatic carbocycles. The lowest BCUT2D eigenvalue weighted by Gasteiger charge is -2.22. The molecule has 0 atom stereocenters. The van der Waals surface area contributed by atoms with E-state index >= 15 is 0 Å². The third kappa shape index (κ3) is 9.23. The molecule has 0 spiro atoms. The summed E-state index contributed by atoms with van der Waals surface area (Å²) in [5, 5.41) is 11.7. The molecule has 0 unspecified atom stereocenters. The average molecular weight is 565 g/mol. The van der Waals surface area contributed by atoms with Crippen molar-refractivity contribution in [3.63, 3.8) is 0 Å². The van der Waals surface area contributed by atoms with Crippen molar-refractivity contribution in [2.75, 3.05) is 23.5 Å².